The highest BCUT2D eigenvalue weighted by Crippen LogP contribution is 2.33. The second-order valence-corrected chi connectivity index (χ2v) is 4.94. The first kappa shape index (κ1) is 13.8. The Morgan fingerprint density at radius 3 is 2.79 bits per heavy atom. The average molecular weight is 266 g/mol. The Labute approximate surface area is 111 Å². The van der Waals surface area contributed by atoms with Crippen molar-refractivity contribution in [1.82, 2.24) is 0 Å². The van der Waals surface area contributed by atoms with Crippen LogP contribution in [0.2, 0.25) is 0 Å². The van der Waals surface area contributed by atoms with Crippen LogP contribution in [-0.4, -0.2) is 34.3 Å². The topological polar surface area (TPSA) is 86.8 Å². The van der Waals surface area contributed by atoms with Gasteiger partial charge in [0.25, 0.3) is 5.69 Å². The molecule has 1 saturated heterocycles. The van der Waals surface area contributed by atoms with Gasteiger partial charge in [-0.25, -0.2) is 0 Å². The fourth-order valence-electron chi connectivity index (χ4n) is 2.68. The molecule has 6 heteroatoms. The van der Waals surface area contributed by atoms with Crippen LogP contribution in [0, 0.1) is 16.0 Å². The zero-order valence-electron chi connectivity index (χ0n) is 10.8. The van der Waals surface area contributed by atoms with Gasteiger partial charge in [-0.3, -0.25) is 10.1 Å². The molecule has 1 aromatic carbocycles. The fourth-order valence-corrected chi connectivity index (χ4v) is 2.68. The summed E-state index contributed by atoms with van der Waals surface area (Å²) in [5.74, 6) is 0.367. The van der Waals surface area contributed by atoms with Crippen molar-refractivity contribution >= 4 is 11.4 Å². The summed E-state index contributed by atoms with van der Waals surface area (Å²) < 4.78 is 0. The van der Waals surface area contributed by atoms with Gasteiger partial charge in [0.05, 0.1) is 24.2 Å². The number of anilines is 1. The summed E-state index contributed by atoms with van der Waals surface area (Å²) >= 11 is 0. The van der Waals surface area contributed by atoms with Gasteiger partial charge in [0.2, 0.25) is 0 Å². The summed E-state index contributed by atoms with van der Waals surface area (Å²) in [5, 5.41) is 29.6. The number of aliphatic hydroxyl groups excluding tert-OH is 2. The van der Waals surface area contributed by atoms with E-state index in [1.54, 1.807) is 6.07 Å². The smallest absolute Gasteiger partial charge is 0.269 e. The molecular formula is C13H18N2O4. The first-order valence-corrected chi connectivity index (χ1v) is 6.34. The molecule has 0 amide bonds. The van der Waals surface area contributed by atoms with Crippen molar-refractivity contribution in [2.75, 3.05) is 18.1 Å². The molecule has 2 atom stereocenters. The van der Waals surface area contributed by atoms with Gasteiger partial charge in [-0.05, 0) is 18.4 Å². The van der Waals surface area contributed by atoms with Gasteiger partial charge < -0.3 is 15.1 Å². The van der Waals surface area contributed by atoms with Crippen molar-refractivity contribution in [2.45, 2.75) is 26.0 Å². The minimum atomic E-state index is -0.473. The summed E-state index contributed by atoms with van der Waals surface area (Å²) in [6, 6.07) is 4.50. The minimum absolute atomic E-state index is 0.00626. The highest BCUT2D eigenvalue weighted by molar-refractivity contribution is 5.59. The largest absolute Gasteiger partial charge is 0.394 e. The van der Waals surface area contributed by atoms with Crippen LogP contribution >= 0.6 is 0 Å². The number of nitro groups is 1. The maximum atomic E-state index is 10.7. The van der Waals surface area contributed by atoms with E-state index in [9.17, 15) is 20.3 Å². The second-order valence-electron chi connectivity index (χ2n) is 4.94. The quantitative estimate of drug-likeness (QED) is 0.633. The van der Waals surface area contributed by atoms with E-state index in [0.717, 1.165) is 18.7 Å². The van der Waals surface area contributed by atoms with Crippen LogP contribution in [0.5, 0.6) is 0 Å². The zero-order valence-corrected chi connectivity index (χ0v) is 10.8. The SMILES string of the molecule is CC1CCN(c2ccc([N+](=O)[O-])cc2CO)C1CO. The first-order valence-electron chi connectivity index (χ1n) is 6.34. The van der Waals surface area contributed by atoms with Crippen molar-refractivity contribution in [1.29, 1.82) is 0 Å². The molecule has 6 nitrogen and oxygen atoms in total. The number of hydrogen-bond acceptors (Lipinski definition) is 5. The molecule has 0 aromatic heterocycles. The number of aliphatic hydroxyl groups is 2. The Morgan fingerprint density at radius 1 is 1.47 bits per heavy atom. The molecule has 0 bridgehead atoms. The predicted molar refractivity (Wildman–Crippen MR) is 71.0 cm³/mol. The summed E-state index contributed by atoms with van der Waals surface area (Å²) in [7, 11) is 0. The molecule has 2 N–H and O–H groups in total. The van der Waals surface area contributed by atoms with Crippen LogP contribution in [0.4, 0.5) is 11.4 Å². The molecule has 1 aromatic rings. The van der Waals surface area contributed by atoms with Crippen LogP contribution in [0.1, 0.15) is 18.9 Å². The van der Waals surface area contributed by atoms with Gasteiger partial charge in [0, 0.05) is 29.9 Å². The van der Waals surface area contributed by atoms with E-state index < -0.39 is 4.92 Å². The van der Waals surface area contributed by atoms with E-state index in [1.165, 1.54) is 12.1 Å². The Balaban J connectivity index is 2.36. The molecule has 0 aliphatic carbocycles. The molecule has 2 rings (SSSR count). The lowest BCUT2D eigenvalue weighted by Gasteiger charge is -2.28. The standard InChI is InChI=1S/C13H18N2O4/c1-9-4-5-14(13(9)8-17)12-3-2-11(15(18)19)6-10(12)7-16/h2-3,6,9,13,16-17H,4-5,7-8H2,1H3. The van der Waals surface area contributed by atoms with Crippen LogP contribution in [-0.2, 0) is 6.61 Å². The Kier molecular flexibility index (Phi) is 4.01. The van der Waals surface area contributed by atoms with Crippen molar-refractivity contribution in [2.24, 2.45) is 5.92 Å². The molecule has 2 unspecified atom stereocenters. The normalized spacial score (nSPS) is 22.8. The summed E-state index contributed by atoms with van der Waals surface area (Å²) in [5.41, 5.74) is 1.28. The molecule has 1 heterocycles. The van der Waals surface area contributed by atoms with Crippen LogP contribution in [0.3, 0.4) is 0 Å². The number of benzene rings is 1. The van der Waals surface area contributed by atoms with Crippen molar-refractivity contribution in [3.8, 4) is 0 Å². The van der Waals surface area contributed by atoms with Gasteiger partial charge in [-0.1, -0.05) is 6.92 Å². The zero-order chi connectivity index (χ0) is 14.0. The summed E-state index contributed by atoms with van der Waals surface area (Å²) in [6.07, 6.45) is 0.965. The molecule has 0 radical (unpaired) electrons. The van der Waals surface area contributed by atoms with Gasteiger partial charge in [0.1, 0.15) is 0 Å². The third kappa shape index (κ3) is 2.54. The van der Waals surface area contributed by atoms with Gasteiger partial charge in [-0.15, -0.1) is 0 Å². The predicted octanol–water partition coefficient (Wildman–Crippen LogP) is 1.29. The monoisotopic (exact) mass is 266 g/mol. The third-order valence-electron chi connectivity index (χ3n) is 3.82. The maximum absolute atomic E-state index is 10.7. The number of nitrogens with zero attached hydrogens (tertiary/aromatic N) is 2. The van der Waals surface area contributed by atoms with E-state index in [0.29, 0.717) is 11.5 Å². The molecule has 0 spiro atoms. The molecular weight excluding hydrogens is 248 g/mol. The summed E-state index contributed by atoms with van der Waals surface area (Å²) in [6.45, 7) is 2.66. The van der Waals surface area contributed by atoms with E-state index in [4.69, 9.17) is 0 Å². The molecule has 19 heavy (non-hydrogen) atoms. The first-order chi connectivity index (χ1) is 9.08. The van der Waals surface area contributed by atoms with E-state index >= 15 is 0 Å². The van der Waals surface area contributed by atoms with Crippen LogP contribution in [0.25, 0.3) is 0 Å². The number of hydrogen-bond donors (Lipinski definition) is 2. The van der Waals surface area contributed by atoms with Gasteiger partial charge >= 0.3 is 0 Å². The second kappa shape index (κ2) is 5.54. The fraction of sp³-hybridized carbons (Fsp3) is 0.538. The van der Waals surface area contributed by atoms with E-state index in [1.807, 2.05) is 4.90 Å². The molecule has 1 aliphatic heterocycles. The molecule has 104 valence electrons. The van der Waals surface area contributed by atoms with Gasteiger partial charge in [-0.2, -0.15) is 0 Å². The third-order valence-corrected chi connectivity index (χ3v) is 3.82. The van der Waals surface area contributed by atoms with Crippen LogP contribution in [0.15, 0.2) is 18.2 Å². The number of rotatable bonds is 4. The van der Waals surface area contributed by atoms with E-state index in [-0.39, 0.29) is 24.9 Å². The Hall–Kier alpha value is -1.66. The lowest BCUT2D eigenvalue weighted by atomic mass is 10.0. The average Bonchev–Trinajstić information content (AvgIpc) is 2.78. The Morgan fingerprint density at radius 2 is 2.21 bits per heavy atom. The van der Waals surface area contributed by atoms with Gasteiger partial charge in [0.15, 0.2) is 0 Å². The van der Waals surface area contributed by atoms with Crippen LogP contribution < -0.4 is 4.90 Å². The Bertz CT molecular complexity index is 478. The lowest BCUT2D eigenvalue weighted by molar-refractivity contribution is -0.384. The maximum Gasteiger partial charge on any atom is 0.269 e. The highest BCUT2D eigenvalue weighted by Gasteiger charge is 2.32. The molecule has 1 aliphatic rings. The molecule has 0 saturated carbocycles. The molecule has 1 fully saturated rings. The van der Waals surface area contributed by atoms with E-state index in [2.05, 4.69) is 6.92 Å². The van der Waals surface area contributed by atoms with Crippen molar-refractivity contribution in [3.63, 3.8) is 0 Å². The minimum Gasteiger partial charge on any atom is -0.394 e. The van der Waals surface area contributed by atoms with Crippen molar-refractivity contribution < 1.29 is 15.1 Å². The summed E-state index contributed by atoms with van der Waals surface area (Å²) in [4.78, 5) is 12.3. The number of non-ortho nitro benzene ring substituents is 1. The van der Waals surface area contributed by atoms with Crippen molar-refractivity contribution in [3.05, 3.63) is 33.9 Å². The lowest BCUT2D eigenvalue weighted by Crippen LogP contribution is -2.35. The number of nitro benzene ring substituents is 1. The highest BCUT2D eigenvalue weighted by atomic mass is 16.6.